The molecule has 2 aromatic rings. The fraction of sp³-hybridized carbons (Fsp3) is 0.0588. The highest BCUT2D eigenvalue weighted by molar-refractivity contribution is 5.94. The molecule has 22 heavy (non-hydrogen) atoms. The zero-order valence-electron chi connectivity index (χ0n) is 11.7. The van der Waals surface area contributed by atoms with E-state index in [1.807, 2.05) is 24.3 Å². The Hall–Kier alpha value is -3.08. The summed E-state index contributed by atoms with van der Waals surface area (Å²) in [6.45, 7) is 3.87. The van der Waals surface area contributed by atoms with Crippen LogP contribution in [0.1, 0.15) is 31.8 Å². The van der Waals surface area contributed by atoms with Gasteiger partial charge in [-0.25, -0.2) is 9.59 Å². The summed E-state index contributed by atoms with van der Waals surface area (Å²) in [5.74, 6) is -2.21. The van der Waals surface area contributed by atoms with Crippen LogP contribution in [0, 0.1) is 0 Å². The summed E-state index contributed by atoms with van der Waals surface area (Å²) >= 11 is 0. The third-order valence-corrected chi connectivity index (χ3v) is 3.02. The lowest BCUT2D eigenvalue weighted by Crippen LogP contribution is -2.04. The monoisotopic (exact) mass is 298 g/mol. The van der Waals surface area contributed by atoms with Crippen LogP contribution in [0.25, 0.3) is 6.08 Å². The molecule has 0 amide bonds. The van der Waals surface area contributed by atoms with E-state index in [1.165, 1.54) is 12.1 Å². The summed E-state index contributed by atoms with van der Waals surface area (Å²) in [7, 11) is 0. The van der Waals surface area contributed by atoms with Crippen molar-refractivity contribution >= 4 is 18.0 Å². The average Bonchev–Trinajstić information content (AvgIpc) is 2.53. The number of carbonyl (C=O) groups is 2. The van der Waals surface area contributed by atoms with E-state index in [0.29, 0.717) is 0 Å². The van der Waals surface area contributed by atoms with Gasteiger partial charge in [0.25, 0.3) is 0 Å². The fourth-order valence-electron chi connectivity index (χ4n) is 1.85. The number of benzene rings is 2. The molecule has 0 bridgehead atoms. The topological polar surface area (TPSA) is 83.8 Å². The van der Waals surface area contributed by atoms with Gasteiger partial charge in [0.05, 0.1) is 11.1 Å². The molecule has 0 aliphatic rings. The lowest BCUT2D eigenvalue weighted by atomic mass is 10.1. The number of hydrogen-bond acceptors (Lipinski definition) is 3. The van der Waals surface area contributed by atoms with Gasteiger partial charge in [0.15, 0.2) is 0 Å². The molecule has 5 nitrogen and oxygen atoms in total. The minimum absolute atomic E-state index is 0.128. The van der Waals surface area contributed by atoms with Crippen molar-refractivity contribution in [3.05, 3.63) is 71.3 Å². The van der Waals surface area contributed by atoms with Crippen LogP contribution in [0.4, 0.5) is 0 Å². The van der Waals surface area contributed by atoms with Crippen LogP contribution in [0.5, 0.6) is 5.75 Å². The first-order chi connectivity index (χ1) is 10.5. The molecule has 5 heteroatoms. The summed E-state index contributed by atoms with van der Waals surface area (Å²) in [6, 6.07) is 11.2. The molecule has 0 saturated carbocycles. The van der Waals surface area contributed by atoms with Crippen LogP contribution in [0.2, 0.25) is 0 Å². The van der Waals surface area contributed by atoms with Gasteiger partial charge >= 0.3 is 11.9 Å². The fourth-order valence-corrected chi connectivity index (χ4v) is 1.85. The Kier molecular flexibility index (Phi) is 4.58. The molecule has 0 aromatic heterocycles. The lowest BCUT2D eigenvalue weighted by Gasteiger charge is -2.09. The van der Waals surface area contributed by atoms with Crippen LogP contribution < -0.4 is 4.74 Å². The second kappa shape index (κ2) is 6.58. The first kappa shape index (κ1) is 15.3. The highest BCUT2D eigenvalue weighted by atomic mass is 16.5. The van der Waals surface area contributed by atoms with Crippen molar-refractivity contribution in [2.75, 3.05) is 0 Å². The van der Waals surface area contributed by atoms with Gasteiger partial charge in [-0.2, -0.15) is 0 Å². The van der Waals surface area contributed by atoms with Gasteiger partial charge in [0.2, 0.25) is 0 Å². The predicted octanol–water partition coefficient (Wildman–Crippen LogP) is 3.31. The van der Waals surface area contributed by atoms with Crippen LogP contribution in [0.15, 0.2) is 49.0 Å². The van der Waals surface area contributed by atoms with Crippen LogP contribution in [0.3, 0.4) is 0 Å². The quantitative estimate of drug-likeness (QED) is 0.854. The van der Waals surface area contributed by atoms with Crippen molar-refractivity contribution < 1.29 is 24.5 Å². The Morgan fingerprint density at radius 1 is 1.00 bits per heavy atom. The number of aromatic carboxylic acids is 2. The van der Waals surface area contributed by atoms with Crippen molar-refractivity contribution in [3.8, 4) is 5.75 Å². The van der Waals surface area contributed by atoms with E-state index in [9.17, 15) is 9.59 Å². The Labute approximate surface area is 127 Å². The summed E-state index contributed by atoms with van der Waals surface area (Å²) in [5, 5.41) is 18.0. The van der Waals surface area contributed by atoms with E-state index >= 15 is 0 Å². The Morgan fingerprint density at radius 2 is 1.55 bits per heavy atom. The largest absolute Gasteiger partial charge is 0.489 e. The molecular weight excluding hydrogens is 284 g/mol. The van der Waals surface area contributed by atoms with Crippen LogP contribution in [-0.2, 0) is 6.61 Å². The molecule has 2 N–H and O–H groups in total. The SMILES string of the molecule is C=Cc1ccc(COc2cc(C(=O)O)cc(C(=O)O)c2)cc1. The molecular formula is C17H14O5. The maximum Gasteiger partial charge on any atom is 0.335 e. The lowest BCUT2D eigenvalue weighted by molar-refractivity contribution is 0.0696. The number of carboxylic acid groups (broad SMARTS) is 2. The first-order valence-electron chi connectivity index (χ1n) is 6.45. The molecule has 0 aliphatic heterocycles. The van der Waals surface area contributed by atoms with Gasteiger partial charge in [-0.15, -0.1) is 0 Å². The van der Waals surface area contributed by atoms with E-state index in [2.05, 4.69) is 6.58 Å². The number of ether oxygens (including phenoxy) is 1. The van der Waals surface area contributed by atoms with Crippen molar-refractivity contribution in [1.29, 1.82) is 0 Å². The zero-order chi connectivity index (χ0) is 16.1. The predicted molar refractivity (Wildman–Crippen MR) is 81.2 cm³/mol. The summed E-state index contributed by atoms with van der Waals surface area (Å²) in [5.41, 5.74) is 1.60. The van der Waals surface area contributed by atoms with E-state index in [4.69, 9.17) is 14.9 Å². The summed E-state index contributed by atoms with van der Waals surface area (Å²) in [6.07, 6.45) is 1.72. The maximum absolute atomic E-state index is 11.0. The van der Waals surface area contributed by atoms with Crippen LogP contribution >= 0.6 is 0 Å². The van der Waals surface area contributed by atoms with Crippen LogP contribution in [-0.4, -0.2) is 22.2 Å². The molecule has 0 unspecified atom stereocenters. The van der Waals surface area contributed by atoms with Gasteiger partial charge in [0, 0.05) is 0 Å². The second-order valence-electron chi connectivity index (χ2n) is 4.59. The van der Waals surface area contributed by atoms with Crippen molar-refractivity contribution in [2.45, 2.75) is 6.61 Å². The highest BCUT2D eigenvalue weighted by Crippen LogP contribution is 2.19. The van der Waals surface area contributed by atoms with Crippen molar-refractivity contribution in [3.63, 3.8) is 0 Å². The minimum Gasteiger partial charge on any atom is -0.489 e. The molecule has 0 saturated heterocycles. The van der Waals surface area contributed by atoms with Gasteiger partial charge in [-0.1, -0.05) is 36.9 Å². The van der Waals surface area contributed by atoms with E-state index in [1.54, 1.807) is 6.08 Å². The van der Waals surface area contributed by atoms with Crippen molar-refractivity contribution in [2.24, 2.45) is 0 Å². The smallest absolute Gasteiger partial charge is 0.335 e. The second-order valence-corrected chi connectivity index (χ2v) is 4.59. The van der Waals surface area contributed by atoms with E-state index in [0.717, 1.165) is 17.2 Å². The zero-order valence-corrected chi connectivity index (χ0v) is 11.7. The number of rotatable bonds is 6. The molecule has 0 atom stereocenters. The van der Waals surface area contributed by atoms with Gasteiger partial charge in [0.1, 0.15) is 12.4 Å². The average molecular weight is 298 g/mol. The standard InChI is InChI=1S/C17H14O5/c1-2-11-3-5-12(6-4-11)10-22-15-8-13(16(18)19)7-14(9-15)17(20)21/h2-9H,1,10H2,(H,18,19)(H,20,21). The minimum atomic E-state index is -1.21. The summed E-state index contributed by atoms with van der Waals surface area (Å²) in [4.78, 5) is 22.0. The molecule has 0 aliphatic carbocycles. The Balaban J connectivity index is 2.18. The Morgan fingerprint density at radius 3 is 2.00 bits per heavy atom. The van der Waals surface area contributed by atoms with Gasteiger partial charge in [-0.3, -0.25) is 0 Å². The molecule has 0 heterocycles. The highest BCUT2D eigenvalue weighted by Gasteiger charge is 2.12. The molecule has 2 rings (SSSR count). The van der Waals surface area contributed by atoms with Gasteiger partial charge < -0.3 is 14.9 Å². The molecule has 2 aromatic carbocycles. The number of carboxylic acids is 2. The summed E-state index contributed by atoms with van der Waals surface area (Å²) < 4.78 is 5.49. The number of hydrogen-bond donors (Lipinski definition) is 2. The van der Waals surface area contributed by atoms with Gasteiger partial charge in [-0.05, 0) is 29.3 Å². The molecule has 0 fully saturated rings. The van der Waals surface area contributed by atoms with E-state index < -0.39 is 11.9 Å². The molecule has 0 radical (unpaired) electrons. The Bertz CT molecular complexity index is 684. The molecule has 0 spiro atoms. The maximum atomic E-state index is 11.0. The normalized spacial score (nSPS) is 10.0. The molecule has 112 valence electrons. The van der Waals surface area contributed by atoms with Crippen molar-refractivity contribution in [1.82, 2.24) is 0 Å². The first-order valence-corrected chi connectivity index (χ1v) is 6.45. The van der Waals surface area contributed by atoms with E-state index in [-0.39, 0.29) is 23.5 Å². The third-order valence-electron chi connectivity index (χ3n) is 3.02. The third kappa shape index (κ3) is 3.73.